The monoisotopic (exact) mass is 288 g/mol. The predicted octanol–water partition coefficient (Wildman–Crippen LogP) is 1.17. The molecule has 1 aromatic carbocycles. The number of aryl methyl sites for hydroxylation is 1. The highest BCUT2D eigenvalue weighted by molar-refractivity contribution is 7.80. The predicted molar refractivity (Wildman–Crippen MR) is 77.0 cm³/mol. The van der Waals surface area contributed by atoms with Gasteiger partial charge in [0.15, 0.2) is 10.8 Å². The zero-order valence-corrected chi connectivity index (χ0v) is 11.6. The molecule has 0 aliphatic heterocycles. The average Bonchev–Trinajstić information content (AvgIpc) is 2.76. The van der Waals surface area contributed by atoms with E-state index in [1.807, 2.05) is 31.2 Å². The van der Waals surface area contributed by atoms with Gasteiger partial charge >= 0.3 is 5.69 Å². The van der Waals surface area contributed by atoms with Crippen molar-refractivity contribution in [2.75, 3.05) is 0 Å². The van der Waals surface area contributed by atoms with Gasteiger partial charge in [0, 0.05) is 5.56 Å². The molecule has 0 saturated carbocycles. The number of aromatic nitrogens is 4. The number of fused-ring (bicyclic) bond motifs is 1. The molecular formula is C13H12N4O2S. The molecule has 7 heteroatoms. The van der Waals surface area contributed by atoms with E-state index in [0.29, 0.717) is 11.3 Å². The van der Waals surface area contributed by atoms with E-state index < -0.39 is 0 Å². The fraction of sp³-hybridized carbons (Fsp3) is 0.154. The number of benzene rings is 1. The van der Waals surface area contributed by atoms with E-state index in [1.54, 1.807) is 0 Å². The number of hydrogen-bond donors (Lipinski definition) is 3. The van der Waals surface area contributed by atoms with Gasteiger partial charge in [-0.1, -0.05) is 24.3 Å². The van der Waals surface area contributed by atoms with Gasteiger partial charge in [0.05, 0.1) is 12.3 Å². The van der Waals surface area contributed by atoms with E-state index in [4.69, 9.17) is 5.11 Å². The topological polar surface area (TPSA) is 83.3 Å². The highest BCUT2D eigenvalue weighted by Crippen LogP contribution is 2.26. The fourth-order valence-electron chi connectivity index (χ4n) is 2.15. The van der Waals surface area contributed by atoms with Crippen LogP contribution in [0, 0.1) is 6.92 Å². The van der Waals surface area contributed by atoms with Crippen molar-refractivity contribution in [1.82, 2.24) is 19.6 Å². The molecule has 0 radical (unpaired) electrons. The molecule has 0 fully saturated rings. The highest BCUT2D eigenvalue weighted by atomic mass is 32.1. The summed E-state index contributed by atoms with van der Waals surface area (Å²) in [6.45, 7) is 1.81. The van der Waals surface area contributed by atoms with Gasteiger partial charge < -0.3 is 5.11 Å². The molecule has 6 nitrogen and oxygen atoms in total. The van der Waals surface area contributed by atoms with Crippen molar-refractivity contribution < 1.29 is 5.11 Å². The molecule has 2 aromatic heterocycles. The first kappa shape index (κ1) is 12.9. The molecule has 3 aromatic rings. The van der Waals surface area contributed by atoms with Crippen LogP contribution in [-0.2, 0) is 6.61 Å². The van der Waals surface area contributed by atoms with Crippen LogP contribution in [0.3, 0.4) is 0 Å². The molecule has 20 heavy (non-hydrogen) atoms. The Bertz CT molecular complexity index is 836. The maximum atomic E-state index is 11.8. The first-order chi connectivity index (χ1) is 9.60. The Morgan fingerprint density at radius 2 is 2.05 bits per heavy atom. The van der Waals surface area contributed by atoms with Crippen molar-refractivity contribution in [3.63, 3.8) is 0 Å². The lowest BCUT2D eigenvalue weighted by Crippen LogP contribution is -2.18. The molecule has 0 saturated heterocycles. The third-order valence-corrected chi connectivity index (χ3v) is 3.30. The minimum atomic E-state index is -0.374. The summed E-state index contributed by atoms with van der Waals surface area (Å²) in [6, 6.07) is 7.40. The second-order valence-corrected chi connectivity index (χ2v) is 4.84. The summed E-state index contributed by atoms with van der Waals surface area (Å²) >= 11 is 4.09. The number of thiol groups is 1. The highest BCUT2D eigenvalue weighted by Gasteiger charge is 2.15. The summed E-state index contributed by atoms with van der Waals surface area (Å²) in [4.78, 5) is 18.5. The normalized spacial score (nSPS) is 11.2. The molecule has 0 atom stereocenters. The van der Waals surface area contributed by atoms with Crippen LogP contribution in [0.25, 0.3) is 16.8 Å². The van der Waals surface area contributed by atoms with E-state index in [0.717, 1.165) is 16.7 Å². The van der Waals surface area contributed by atoms with Crippen LogP contribution in [0.5, 0.6) is 0 Å². The van der Waals surface area contributed by atoms with Gasteiger partial charge in [0.2, 0.25) is 0 Å². The van der Waals surface area contributed by atoms with E-state index in [1.165, 1.54) is 4.52 Å². The SMILES string of the molecule is Cc1nn2c(=O)[nH]c(S)nc2c1-c1ccc(CO)cc1. The molecule has 0 spiro atoms. The van der Waals surface area contributed by atoms with Crippen LogP contribution in [-0.4, -0.2) is 24.7 Å². The molecule has 0 aliphatic rings. The number of aromatic amines is 1. The fourth-order valence-corrected chi connectivity index (χ4v) is 2.34. The van der Waals surface area contributed by atoms with Gasteiger partial charge in [-0.15, -0.1) is 12.6 Å². The molecule has 0 aliphatic carbocycles. The van der Waals surface area contributed by atoms with Crippen LogP contribution in [0.2, 0.25) is 0 Å². The molecule has 3 rings (SSSR count). The lowest BCUT2D eigenvalue weighted by molar-refractivity contribution is 0.282. The summed E-state index contributed by atoms with van der Waals surface area (Å²) < 4.78 is 1.23. The Morgan fingerprint density at radius 1 is 1.35 bits per heavy atom. The van der Waals surface area contributed by atoms with Crippen molar-refractivity contribution >= 4 is 18.3 Å². The summed E-state index contributed by atoms with van der Waals surface area (Å²) in [5.41, 5.74) is 3.30. The van der Waals surface area contributed by atoms with E-state index >= 15 is 0 Å². The number of aliphatic hydroxyl groups excluding tert-OH is 1. The quantitative estimate of drug-likeness (QED) is 0.618. The minimum absolute atomic E-state index is 0.00721. The van der Waals surface area contributed by atoms with E-state index in [-0.39, 0.29) is 17.5 Å². The van der Waals surface area contributed by atoms with Crippen molar-refractivity contribution in [1.29, 1.82) is 0 Å². The van der Waals surface area contributed by atoms with Crippen LogP contribution in [0.1, 0.15) is 11.3 Å². The van der Waals surface area contributed by atoms with Gasteiger partial charge in [-0.05, 0) is 18.1 Å². The smallest absolute Gasteiger partial charge is 0.350 e. The zero-order valence-electron chi connectivity index (χ0n) is 10.7. The van der Waals surface area contributed by atoms with E-state index in [9.17, 15) is 4.79 Å². The Hall–Kier alpha value is -2.12. The lowest BCUT2D eigenvalue weighted by Gasteiger charge is -2.02. The maximum absolute atomic E-state index is 11.8. The van der Waals surface area contributed by atoms with Crippen LogP contribution in [0.4, 0.5) is 0 Å². The Morgan fingerprint density at radius 3 is 2.70 bits per heavy atom. The number of hydrogen-bond acceptors (Lipinski definition) is 5. The number of aliphatic hydroxyl groups is 1. The zero-order chi connectivity index (χ0) is 14.3. The Labute approximate surface area is 119 Å². The summed E-state index contributed by atoms with van der Waals surface area (Å²) in [5.74, 6) is 0. The molecule has 102 valence electrons. The second-order valence-electron chi connectivity index (χ2n) is 4.42. The van der Waals surface area contributed by atoms with Crippen molar-refractivity contribution in [2.45, 2.75) is 18.7 Å². The minimum Gasteiger partial charge on any atom is -0.392 e. The standard InChI is InChI=1S/C13H12N4O2S/c1-7-10(9-4-2-8(6-18)3-5-9)11-14-12(20)15-13(19)17(11)16-7/h2-5,18H,6H2,1H3,(H2,14,15,19,20). The third kappa shape index (κ3) is 2.00. The summed E-state index contributed by atoms with van der Waals surface area (Å²) in [5, 5.41) is 13.5. The number of rotatable bonds is 2. The van der Waals surface area contributed by atoms with Gasteiger partial charge in [-0.2, -0.15) is 9.61 Å². The second kappa shape index (κ2) is 4.77. The number of H-pyrrole nitrogens is 1. The van der Waals surface area contributed by atoms with Crippen LogP contribution >= 0.6 is 12.6 Å². The van der Waals surface area contributed by atoms with E-state index in [2.05, 4.69) is 27.7 Å². The van der Waals surface area contributed by atoms with Crippen LogP contribution in [0.15, 0.2) is 34.2 Å². The molecule has 2 heterocycles. The van der Waals surface area contributed by atoms with Gasteiger partial charge in [0.1, 0.15) is 0 Å². The van der Waals surface area contributed by atoms with Gasteiger partial charge in [-0.3, -0.25) is 4.98 Å². The largest absolute Gasteiger partial charge is 0.392 e. The lowest BCUT2D eigenvalue weighted by atomic mass is 10.0. The Kier molecular flexibility index (Phi) is 3.07. The average molecular weight is 288 g/mol. The summed E-state index contributed by atoms with van der Waals surface area (Å²) in [6.07, 6.45) is 0. The number of nitrogens with one attached hydrogen (secondary N) is 1. The molecule has 0 bridgehead atoms. The van der Waals surface area contributed by atoms with Crippen LogP contribution < -0.4 is 5.69 Å². The van der Waals surface area contributed by atoms with Crippen molar-refractivity contribution in [2.24, 2.45) is 0 Å². The Balaban J connectivity index is 2.29. The third-order valence-electron chi connectivity index (χ3n) is 3.08. The molecule has 0 amide bonds. The first-order valence-corrected chi connectivity index (χ1v) is 6.43. The molecular weight excluding hydrogens is 276 g/mol. The van der Waals surface area contributed by atoms with Crippen molar-refractivity contribution in [3.05, 3.63) is 46.0 Å². The first-order valence-electron chi connectivity index (χ1n) is 5.99. The number of nitrogens with zero attached hydrogens (tertiary/aromatic N) is 3. The molecule has 0 unspecified atom stereocenters. The molecule has 2 N–H and O–H groups in total. The van der Waals surface area contributed by atoms with Gasteiger partial charge in [0.25, 0.3) is 0 Å². The van der Waals surface area contributed by atoms with Gasteiger partial charge in [-0.25, -0.2) is 9.78 Å². The maximum Gasteiger partial charge on any atom is 0.350 e. The van der Waals surface area contributed by atoms with Crippen molar-refractivity contribution in [3.8, 4) is 11.1 Å². The summed E-state index contributed by atoms with van der Waals surface area (Å²) in [7, 11) is 0.